The van der Waals surface area contributed by atoms with Crippen molar-refractivity contribution in [2.24, 2.45) is 5.11 Å². The molecule has 2 atom stereocenters. The third-order valence-corrected chi connectivity index (χ3v) is 9.41. The molecule has 0 aliphatic heterocycles. The number of benzene rings is 4. The van der Waals surface area contributed by atoms with E-state index in [1.54, 1.807) is 24.3 Å². The lowest BCUT2D eigenvalue weighted by atomic mass is 10.00. The lowest BCUT2D eigenvalue weighted by molar-refractivity contribution is 0.0259. The average molecular weight is 510 g/mol. The SMILES string of the molecule is [N-]=[N+]=N[C@@H](C[C@H](CCP(=O)(c1ccccc1)c1ccccc1)OC(=O)c1ccccc1)c1ccccc1. The van der Waals surface area contributed by atoms with E-state index in [0.717, 1.165) is 16.2 Å². The van der Waals surface area contributed by atoms with Crippen LogP contribution in [0.4, 0.5) is 0 Å². The third-order valence-electron chi connectivity index (χ3n) is 6.26. The smallest absolute Gasteiger partial charge is 0.338 e. The molecule has 0 bridgehead atoms. The Morgan fingerprint density at radius 3 is 1.78 bits per heavy atom. The van der Waals surface area contributed by atoms with Gasteiger partial charge in [-0.2, -0.15) is 0 Å². The summed E-state index contributed by atoms with van der Waals surface area (Å²) >= 11 is 0. The van der Waals surface area contributed by atoms with E-state index in [1.807, 2.05) is 97.1 Å². The van der Waals surface area contributed by atoms with E-state index in [2.05, 4.69) is 10.0 Å². The molecule has 0 unspecified atom stereocenters. The average Bonchev–Trinajstić information content (AvgIpc) is 2.97. The standard InChI is InChI=1S/C30H28N3O3P/c31-33-32-29(24-13-5-1-6-14-24)23-26(36-30(34)25-15-7-2-8-16-25)21-22-37(35,27-17-9-3-10-18-27)28-19-11-4-12-20-28/h1-20,26,29H,21-23H2/t26-,29-/m0/s1. The minimum atomic E-state index is -3.02. The summed E-state index contributed by atoms with van der Waals surface area (Å²) in [6, 6.07) is 36.5. The van der Waals surface area contributed by atoms with Crippen LogP contribution in [0.5, 0.6) is 0 Å². The second kappa shape index (κ2) is 12.7. The summed E-state index contributed by atoms with van der Waals surface area (Å²) in [6.45, 7) is 0. The topological polar surface area (TPSA) is 92.1 Å². The van der Waals surface area contributed by atoms with Crippen molar-refractivity contribution in [3.05, 3.63) is 143 Å². The quantitative estimate of drug-likeness (QED) is 0.0712. The minimum absolute atomic E-state index is 0.274. The molecule has 0 heterocycles. The third kappa shape index (κ3) is 6.77. The molecule has 4 aromatic rings. The molecule has 0 radical (unpaired) electrons. The van der Waals surface area contributed by atoms with E-state index in [4.69, 9.17) is 4.74 Å². The summed E-state index contributed by atoms with van der Waals surface area (Å²) in [5, 5.41) is 5.50. The summed E-state index contributed by atoms with van der Waals surface area (Å²) in [6.07, 6.45) is 0.287. The molecule has 6 nitrogen and oxygen atoms in total. The molecule has 37 heavy (non-hydrogen) atoms. The van der Waals surface area contributed by atoms with Crippen molar-refractivity contribution in [2.45, 2.75) is 25.0 Å². The van der Waals surface area contributed by atoms with Crippen molar-refractivity contribution in [3.63, 3.8) is 0 Å². The van der Waals surface area contributed by atoms with Crippen molar-refractivity contribution < 1.29 is 14.1 Å². The van der Waals surface area contributed by atoms with E-state index in [1.165, 1.54) is 0 Å². The van der Waals surface area contributed by atoms with Crippen LogP contribution in [0.2, 0.25) is 0 Å². The Labute approximate surface area is 216 Å². The first kappa shape index (κ1) is 26.0. The van der Waals surface area contributed by atoms with Gasteiger partial charge in [0, 0.05) is 21.7 Å². The van der Waals surface area contributed by atoms with Crippen LogP contribution in [0, 0.1) is 0 Å². The summed E-state index contributed by atoms with van der Waals surface area (Å²) in [5.74, 6) is -0.465. The van der Waals surface area contributed by atoms with Crippen LogP contribution in [0.3, 0.4) is 0 Å². The highest BCUT2D eigenvalue weighted by molar-refractivity contribution is 7.78. The molecular weight excluding hydrogens is 481 g/mol. The first-order valence-corrected chi connectivity index (χ1v) is 14.0. The fraction of sp³-hybridized carbons (Fsp3) is 0.167. The van der Waals surface area contributed by atoms with Crippen molar-refractivity contribution in [1.29, 1.82) is 0 Å². The van der Waals surface area contributed by atoms with Gasteiger partial charge >= 0.3 is 5.97 Å². The van der Waals surface area contributed by atoms with E-state index in [9.17, 15) is 14.9 Å². The zero-order chi connectivity index (χ0) is 25.9. The highest BCUT2D eigenvalue weighted by Gasteiger charge is 2.30. The zero-order valence-corrected chi connectivity index (χ0v) is 21.2. The first-order valence-electron chi connectivity index (χ1n) is 12.2. The predicted octanol–water partition coefficient (Wildman–Crippen LogP) is 7.06. The molecule has 0 aliphatic rings. The molecule has 7 heteroatoms. The maximum absolute atomic E-state index is 14.5. The second-order valence-electron chi connectivity index (χ2n) is 8.68. The Balaban J connectivity index is 1.64. The number of rotatable bonds is 11. The van der Waals surface area contributed by atoms with Gasteiger partial charge in [0.1, 0.15) is 13.2 Å². The van der Waals surface area contributed by atoms with Crippen LogP contribution >= 0.6 is 7.14 Å². The van der Waals surface area contributed by atoms with Gasteiger partial charge in [0.15, 0.2) is 0 Å². The maximum atomic E-state index is 14.5. The summed E-state index contributed by atoms with van der Waals surface area (Å²) in [4.78, 5) is 16.0. The van der Waals surface area contributed by atoms with E-state index >= 15 is 0 Å². The predicted molar refractivity (Wildman–Crippen MR) is 148 cm³/mol. The summed E-state index contributed by atoms with van der Waals surface area (Å²) < 4.78 is 20.5. The minimum Gasteiger partial charge on any atom is -0.459 e. The Morgan fingerprint density at radius 2 is 1.27 bits per heavy atom. The molecule has 4 rings (SSSR count). The van der Waals surface area contributed by atoms with Crippen LogP contribution in [0.15, 0.2) is 126 Å². The van der Waals surface area contributed by atoms with E-state index < -0.39 is 25.3 Å². The fourth-order valence-corrected chi connectivity index (χ4v) is 7.10. The van der Waals surface area contributed by atoms with E-state index in [-0.39, 0.29) is 6.42 Å². The number of carbonyl (C=O) groups excluding carboxylic acids is 1. The number of hydrogen-bond acceptors (Lipinski definition) is 4. The zero-order valence-electron chi connectivity index (χ0n) is 20.3. The van der Waals surface area contributed by atoms with Crippen LogP contribution in [0.1, 0.15) is 34.8 Å². The van der Waals surface area contributed by atoms with Gasteiger partial charge in [-0.25, -0.2) is 4.79 Å². The highest BCUT2D eigenvalue weighted by atomic mass is 31.2. The van der Waals surface area contributed by atoms with Crippen molar-refractivity contribution in [1.82, 2.24) is 0 Å². The van der Waals surface area contributed by atoms with Crippen LogP contribution in [-0.4, -0.2) is 18.2 Å². The van der Waals surface area contributed by atoms with Gasteiger partial charge in [-0.3, -0.25) is 0 Å². The molecule has 0 N–H and O–H groups in total. The molecule has 0 amide bonds. The number of hydrogen-bond donors (Lipinski definition) is 0. The lowest BCUT2D eigenvalue weighted by Crippen LogP contribution is -2.25. The Kier molecular flexibility index (Phi) is 8.93. The molecule has 0 fully saturated rings. The molecule has 0 saturated carbocycles. The normalized spacial score (nSPS) is 12.6. The summed E-state index contributed by atoms with van der Waals surface area (Å²) in [7, 11) is -3.02. The molecular formula is C30H28N3O3P. The number of azide groups is 1. The number of esters is 1. The number of nitrogens with zero attached hydrogens (tertiary/aromatic N) is 3. The van der Waals surface area contributed by atoms with Gasteiger partial charge in [0.25, 0.3) is 0 Å². The molecule has 0 aromatic heterocycles. The Morgan fingerprint density at radius 1 is 0.784 bits per heavy atom. The summed E-state index contributed by atoms with van der Waals surface area (Å²) in [5.41, 5.74) is 10.5. The van der Waals surface area contributed by atoms with E-state index in [0.29, 0.717) is 18.1 Å². The Bertz CT molecular complexity index is 1330. The molecule has 186 valence electrons. The van der Waals surface area contributed by atoms with Gasteiger partial charge in [0.05, 0.1) is 11.6 Å². The van der Waals surface area contributed by atoms with Gasteiger partial charge in [-0.1, -0.05) is 114 Å². The second-order valence-corrected chi connectivity index (χ2v) is 11.6. The van der Waals surface area contributed by atoms with Gasteiger partial charge in [-0.05, 0) is 36.1 Å². The fourth-order valence-electron chi connectivity index (χ4n) is 4.33. The largest absolute Gasteiger partial charge is 0.459 e. The number of carbonyl (C=O) groups is 1. The van der Waals surface area contributed by atoms with Gasteiger partial charge in [-0.15, -0.1) is 0 Å². The number of ether oxygens (including phenoxy) is 1. The van der Waals surface area contributed by atoms with Crippen LogP contribution in [0.25, 0.3) is 10.4 Å². The highest BCUT2D eigenvalue weighted by Crippen LogP contribution is 2.45. The molecule has 0 saturated heterocycles. The lowest BCUT2D eigenvalue weighted by Gasteiger charge is -2.25. The molecule has 0 aliphatic carbocycles. The first-order chi connectivity index (χ1) is 18.1. The molecule has 4 aromatic carbocycles. The Hall–Kier alpha value is -4.11. The van der Waals surface area contributed by atoms with Crippen LogP contribution in [-0.2, 0) is 9.30 Å². The maximum Gasteiger partial charge on any atom is 0.338 e. The monoisotopic (exact) mass is 509 g/mol. The van der Waals surface area contributed by atoms with Crippen molar-refractivity contribution in [2.75, 3.05) is 6.16 Å². The van der Waals surface area contributed by atoms with Crippen LogP contribution < -0.4 is 10.6 Å². The van der Waals surface area contributed by atoms with Gasteiger partial charge in [0.2, 0.25) is 0 Å². The van der Waals surface area contributed by atoms with Crippen molar-refractivity contribution >= 4 is 23.7 Å². The van der Waals surface area contributed by atoms with Crippen molar-refractivity contribution in [3.8, 4) is 0 Å². The molecule has 0 spiro atoms. The van der Waals surface area contributed by atoms with Gasteiger partial charge < -0.3 is 9.30 Å².